The van der Waals surface area contributed by atoms with E-state index in [9.17, 15) is 19.5 Å². The second-order valence-corrected chi connectivity index (χ2v) is 14.7. The van der Waals surface area contributed by atoms with Crippen LogP contribution in [0.3, 0.4) is 0 Å². The first-order valence-electron chi connectivity index (χ1n) is 20.7. The van der Waals surface area contributed by atoms with Crippen molar-refractivity contribution < 1.29 is 38.2 Å². The van der Waals surface area contributed by atoms with E-state index in [0.717, 1.165) is 64.2 Å². The molecule has 0 aliphatic rings. The summed E-state index contributed by atoms with van der Waals surface area (Å²) in [6.07, 6.45) is 46.2. The van der Waals surface area contributed by atoms with Crippen molar-refractivity contribution in [1.29, 1.82) is 0 Å². The number of allylic oxidation sites excluding steroid dienone is 14. The van der Waals surface area contributed by atoms with E-state index in [0.29, 0.717) is 19.3 Å². The molecule has 0 aromatic rings. The van der Waals surface area contributed by atoms with Crippen LogP contribution in [0.1, 0.15) is 136 Å². The molecule has 0 aromatic carbocycles. The number of carbonyl (C=O) groups excluding carboxylic acids is 2. The number of nitrogens with zero attached hydrogens (tertiary/aromatic N) is 1. The highest BCUT2D eigenvalue weighted by atomic mass is 16.6. The quantitative estimate of drug-likeness (QED) is 0.0298. The predicted molar refractivity (Wildman–Crippen MR) is 224 cm³/mol. The predicted octanol–water partition coefficient (Wildman–Crippen LogP) is 11.0. The van der Waals surface area contributed by atoms with E-state index in [1.165, 1.54) is 32.1 Å². The lowest BCUT2D eigenvalue weighted by Crippen LogP contribution is -2.50. The van der Waals surface area contributed by atoms with E-state index in [1.807, 2.05) is 69.8 Å². The lowest BCUT2D eigenvalue weighted by Gasteiger charge is -2.31. The van der Waals surface area contributed by atoms with Gasteiger partial charge in [-0.3, -0.25) is 9.59 Å². The number of carboxylic acid groups (broad SMARTS) is 1. The number of esters is 2. The Bertz CT molecular complexity index is 1160. The van der Waals surface area contributed by atoms with Gasteiger partial charge in [0.2, 0.25) is 0 Å². The van der Waals surface area contributed by atoms with Gasteiger partial charge in [0.15, 0.2) is 12.1 Å². The minimum Gasteiger partial charge on any atom is -0.477 e. The van der Waals surface area contributed by atoms with E-state index < -0.39 is 18.1 Å². The zero-order valence-electron chi connectivity index (χ0n) is 34.6. The molecule has 1 N–H and O–H groups in total. The number of ether oxygens (including phenoxy) is 3. The molecule has 0 saturated carbocycles. The largest absolute Gasteiger partial charge is 0.477 e. The smallest absolute Gasteiger partial charge is 0.362 e. The number of quaternary nitrogens is 1. The van der Waals surface area contributed by atoms with E-state index in [-0.39, 0.29) is 42.7 Å². The highest BCUT2D eigenvalue weighted by molar-refractivity contribution is 5.72. The van der Waals surface area contributed by atoms with Crippen molar-refractivity contribution in [3.63, 3.8) is 0 Å². The van der Waals surface area contributed by atoms with Gasteiger partial charge in [0.25, 0.3) is 0 Å². The molecular weight excluding hydrogens is 679 g/mol. The maximum atomic E-state index is 12.7. The highest BCUT2D eigenvalue weighted by Crippen LogP contribution is 2.12. The van der Waals surface area contributed by atoms with Gasteiger partial charge >= 0.3 is 17.9 Å². The molecule has 0 heterocycles. The molecule has 0 fully saturated rings. The van der Waals surface area contributed by atoms with Crippen LogP contribution in [0.2, 0.25) is 0 Å². The van der Waals surface area contributed by atoms with Gasteiger partial charge in [0, 0.05) is 19.3 Å². The third kappa shape index (κ3) is 34.3. The molecular formula is C46H76NO7+. The van der Waals surface area contributed by atoms with E-state index in [2.05, 4.69) is 50.3 Å². The summed E-state index contributed by atoms with van der Waals surface area (Å²) in [5, 5.41) is 9.60. The second kappa shape index (κ2) is 36.5. The molecule has 0 aliphatic heterocycles. The molecule has 2 atom stereocenters. The molecule has 2 unspecified atom stereocenters. The Morgan fingerprint density at radius 3 is 1.57 bits per heavy atom. The van der Waals surface area contributed by atoms with Gasteiger partial charge in [0.1, 0.15) is 6.61 Å². The summed E-state index contributed by atoms with van der Waals surface area (Å²) in [5.41, 5.74) is 0. The van der Waals surface area contributed by atoms with Crippen molar-refractivity contribution in [2.45, 2.75) is 148 Å². The second-order valence-electron chi connectivity index (χ2n) is 14.7. The minimum atomic E-state index is -0.889. The number of likely N-dealkylation sites (N-methyl/N-ethyl adjacent to an activating group) is 1. The number of unbranched alkanes of at least 4 members (excludes halogenated alkanes) is 12. The van der Waals surface area contributed by atoms with Crippen molar-refractivity contribution in [1.82, 2.24) is 0 Å². The maximum absolute atomic E-state index is 12.7. The number of rotatable bonds is 35. The van der Waals surface area contributed by atoms with Gasteiger partial charge in [-0.05, 0) is 57.8 Å². The van der Waals surface area contributed by atoms with Gasteiger partial charge in [-0.2, -0.15) is 0 Å². The van der Waals surface area contributed by atoms with Crippen LogP contribution in [0.25, 0.3) is 0 Å². The van der Waals surface area contributed by atoms with Crippen molar-refractivity contribution in [2.24, 2.45) is 0 Å². The molecule has 0 amide bonds. The third-order valence-corrected chi connectivity index (χ3v) is 8.68. The molecule has 0 spiro atoms. The molecule has 306 valence electrons. The molecule has 0 aromatic heterocycles. The van der Waals surface area contributed by atoms with E-state index >= 15 is 0 Å². The minimum absolute atomic E-state index is 0.0344. The van der Waals surface area contributed by atoms with E-state index in [1.54, 1.807) is 0 Å². The fourth-order valence-corrected chi connectivity index (χ4v) is 5.45. The summed E-state index contributed by atoms with van der Waals surface area (Å²) in [5.74, 6) is -1.55. The van der Waals surface area contributed by atoms with Crippen LogP contribution in [0, 0.1) is 0 Å². The lowest BCUT2D eigenvalue weighted by molar-refractivity contribution is -0.887. The zero-order chi connectivity index (χ0) is 40.0. The average Bonchev–Trinajstić information content (AvgIpc) is 3.12. The van der Waals surface area contributed by atoms with Gasteiger partial charge in [-0.15, -0.1) is 0 Å². The molecule has 0 aliphatic carbocycles. The molecule has 0 radical (unpaired) electrons. The number of carboxylic acids is 1. The van der Waals surface area contributed by atoms with Crippen LogP contribution in [0.4, 0.5) is 0 Å². The summed E-state index contributed by atoms with van der Waals surface area (Å²) < 4.78 is 17.2. The number of hydrogen-bond donors (Lipinski definition) is 1. The van der Waals surface area contributed by atoms with Crippen LogP contribution in [0.15, 0.2) is 85.1 Å². The lowest BCUT2D eigenvalue weighted by atomic mass is 10.1. The standard InChI is InChI=1S/C46H75NO7/c1-6-8-10-12-14-16-18-20-22-24-26-28-30-32-34-36-44(48)53-41-42(40-52-39-38-43(46(50)51)47(3,4)5)54-45(49)37-35-33-31-29-27-25-23-21-19-17-15-13-11-9-7-2/h9,11,13-21,23,25,27,42-43H,6-8,10,12,22,24,26,28-41H2,1-5H3/p+1/b11-9+,15-13+,16-14+,19-17+,20-18+,23-21+,27-25+. The fraction of sp³-hybridized carbons (Fsp3) is 0.630. The van der Waals surface area contributed by atoms with Gasteiger partial charge in [-0.25, -0.2) is 4.79 Å². The summed E-state index contributed by atoms with van der Waals surface area (Å²) in [6.45, 7) is 4.48. The first kappa shape index (κ1) is 50.5. The van der Waals surface area contributed by atoms with Crippen molar-refractivity contribution in [2.75, 3.05) is 41.0 Å². The Labute approximate surface area is 329 Å². The van der Waals surface area contributed by atoms with Crippen molar-refractivity contribution in [3.05, 3.63) is 85.1 Å². The molecule has 0 bridgehead atoms. The van der Waals surface area contributed by atoms with Crippen molar-refractivity contribution in [3.8, 4) is 0 Å². The Hall–Kier alpha value is -3.49. The number of carbonyl (C=O) groups is 3. The Kier molecular flexibility index (Phi) is 34.1. The van der Waals surface area contributed by atoms with Gasteiger partial charge in [0.05, 0.1) is 34.4 Å². The normalized spacial score (nSPS) is 13.9. The fourth-order valence-electron chi connectivity index (χ4n) is 5.45. The van der Waals surface area contributed by atoms with Crippen LogP contribution < -0.4 is 0 Å². The Morgan fingerprint density at radius 1 is 0.574 bits per heavy atom. The van der Waals surface area contributed by atoms with Crippen LogP contribution in [-0.4, -0.2) is 80.6 Å². The molecule has 54 heavy (non-hydrogen) atoms. The molecule has 8 nitrogen and oxygen atoms in total. The summed E-state index contributed by atoms with van der Waals surface area (Å²) in [6, 6.07) is -0.629. The molecule has 0 saturated heterocycles. The summed E-state index contributed by atoms with van der Waals surface area (Å²) in [7, 11) is 5.49. The first-order valence-corrected chi connectivity index (χ1v) is 20.7. The number of hydrogen-bond acceptors (Lipinski definition) is 6. The monoisotopic (exact) mass is 755 g/mol. The summed E-state index contributed by atoms with van der Waals surface area (Å²) in [4.78, 5) is 36.9. The van der Waals surface area contributed by atoms with Crippen LogP contribution in [0.5, 0.6) is 0 Å². The van der Waals surface area contributed by atoms with E-state index in [4.69, 9.17) is 14.2 Å². The Balaban J connectivity index is 4.51. The number of aliphatic carboxylic acids is 1. The average molecular weight is 755 g/mol. The highest BCUT2D eigenvalue weighted by Gasteiger charge is 2.31. The van der Waals surface area contributed by atoms with Gasteiger partial charge in [-0.1, -0.05) is 144 Å². The summed E-state index contributed by atoms with van der Waals surface area (Å²) >= 11 is 0. The van der Waals surface area contributed by atoms with Crippen molar-refractivity contribution >= 4 is 17.9 Å². The third-order valence-electron chi connectivity index (χ3n) is 8.68. The molecule has 8 heteroatoms. The van der Waals surface area contributed by atoms with Crippen LogP contribution >= 0.6 is 0 Å². The Morgan fingerprint density at radius 2 is 1.04 bits per heavy atom. The molecule has 0 rings (SSSR count). The first-order chi connectivity index (χ1) is 26.1. The zero-order valence-corrected chi connectivity index (χ0v) is 34.6. The topological polar surface area (TPSA) is 99.1 Å². The van der Waals surface area contributed by atoms with Crippen LogP contribution in [-0.2, 0) is 28.6 Å². The SMILES string of the molecule is CC/C=C/C=C/C=C/C=C/C=C/CCCCCC(=O)OC(COCCC(C(=O)O)[N+](C)(C)C)COC(=O)CCCCCCCC/C=C/C=C/CCCCC. The maximum Gasteiger partial charge on any atom is 0.362 e. The van der Waals surface area contributed by atoms with Gasteiger partial charge < -0.3 is 23.8 Å².